The predicted molar refractivity (Wildman–Crippen MR) is 87.4 cm³/mol. The monoisotopic (exact) mass is 286 g/mol. The zero-order valence-corrected chi connectivity index (χ0v) is 13.0. The second-order valence-corrected chi connectivity index (χ2v) is 4.70. The largest absolute Gasteiger partial charge is 0.357 e. The van der Waals surface area contributed by atoms with Gasteiger partial charge >= 0.3 is 0 Å². The van der Waals surface area contributed by atoms with Gasteiger partial charge in [-0.15, -0.1) is 0 Å². The second-order valence-electron chi connectivity index (χ2n) is 4.70. The summed E-state index contributed by atoms with van der Waals surface area (Å²) in [7, 11) is 1.80. The Kier molecular flexibility index (Phi) is 4.92. The Hall–Kier alpha value is -2.37. The number of nitrogens with one attached hydrogen (secondary N) is 2. The van der Waals surface area contributed by atoms with Crippen molar-refractivity contribution in [2.75, 3.05) is 35.7 Å². The summed E-state index contributed by atoms with van der Waals surface area (Å²) in [6, 6.07) is 8.11. The van der Waals surface area contributed by atoms with Crippen LogP contribution in [0.3, 0.4) is 0 Å². The maximum absolute atomic E-state index is 4.50. The number of anilines is 4. The van der Waals surface area contributed by atoms with Crippen LogP contribution in [-0.4, -0.2) is 35.1 Å². The van der Waals surface area contributed by atoms with Gasteiger partial charge in [-0.2, -0.15) is 15.0 Å². The Morgan fingerprint density at radius 1 is 1.05 bits per heavy atom. The van der Waals surface area contributed by atoms with Crippen molar-refractivity contribution in [2.24, 2.45) is 0 Å². The Bertz CT molecular complexity index is 594. The van der Waals surface area contributed by atoms with Gasteiger partial charge in [0.05, 0.1) is 0 Å². The van der Waals surface area contributed by atoms with E-state index >= 15 is 0 Å². The van der Waals surface area contributed by atoms with Crippen LogP contribution < -0.4 is 15.5 Å². The lowest BCUT2D eigenvalue weighted by atomic mass is 10.2. The van der Waals surface area contributed by atoms with Crippen molar-refractivity contribution in [3.8, 4) is 0 Å². The molecule has 0 amide bonds. The van der Waals surface area contributed by atoms with E-state index in [1.54, 1.807) is 7.05 Å². The summed E-state index contributed by atoms with van der Waals surface area (Å²) in [5, 5.41) is 6.21. The third-order valence-electron chi connectivity index (χ3n) is 3.17. The molecule has 1 heterocycles. The van der Waals surface area contributed by atoms with Crippen LogP contribution in [-0.2, 0) is 0 Å². The van der Waals surface area contributed by atoms with Crippen LogP contribution in [0.15, 0.2) is 24.3 Å². The van der Waals surface area contributed by atoms with Crippen LogP contribution in [0.25, 0.3) is 0 Å². The van der Waals surface area contributed by atoms with Crippen LogP contribution >= 0.6 is 0 Å². The topological polar surface area (TPSA) is 66.0 Å². The number of nitrogens with zero attached hydrogens (tertiary/aromatic N) is 4. The number of benzene rings is 1. The molecule has 2 rings (SSSR count). The van der Waals surface area contributed by atoms with Crippen molar-refractivity contribution in [2.45, 2.75) is 20.8 Å². The van der Waals surface area contributed by atoms with E-state index in [-0.39, 0.29) is 0 Å². The van der Waals surface area contributed by atoms with Gasteiger partial charge in [0, 0.05) is 25.8 Å². The molecular formula is C15H22N6. The molecule has 0 saturated carbocycles. The molecule has 0 saturated heterocycles. The molecular weight excluding hydrogens is 264 g/mol. The Balaban J connectivity index is 2.32. The van der Waals surface area contributed by atoms with E-state index in [0.29, 0.717) is 17.8 Å². The highest BCUT2D eigenvalue weighted by atomic mass is 15.3. The van der Waals surface area contributed by atoms with Gasteiger partial charge in [0.2, 0.25) is 17.8 Å². The molecule has 0 atom stereocenters. The lowest BCUT2D eigenvalue weighted by molar-refractivity contribution is 0.815. The molecule has 0 bridgehead atoms. The van der Waals surface area contributed by atoms with Crippen LogP contribution in [0.4, 0.5) is 23.5 Å². The number of aromatic nitrogens is 3. The van der Waals surface area contributed by atoms with Crippen molar-refractivity contribution in [3.63, 3.8) is 0 Å². The zero-order valence-electron chi connectivity index (χ0n) is 13.0. The van der Waals surface area contributed by atoms with Gasteiger partial charge in [-0.3, -0.25) is 0 Å². The lowest BCUT2D eigenvalue weighted by Gasteiger charge is -2.19. The number of rotatable bonds is 6. The van der Waals surface area contributed by atoms with Crippen molar-refractivity contribution in [3.05, 3.63) is 29.8 Å². The summed E-state index contributed by atoms with van der Waals surface area (Å²) in [6.07, 6.45) is 0. The van der Waals surface area contributed by atoms with Crippen LogP contribution in [0.5, 0.6) is 0 Å². The first kappa shape index (κ1) is 15.0. The molecule has 0 fully saturated rings. The molecule has 0 aliphatic carbocycles. The molecule has 0 radical (unpaired) electrons. The Labute approximate surface area is 125 Å². The predicted octanol–water partition coefficient (Wildman–Crippen LogP) is 2.81. The molecule has 2 N–H and O–H groups in total. The van der Waals surface area contributed by atoms with E-state index in [1.165, 1.54) is 5.56 Å². The van der Waals surface area contributed by atoms with E-state index < -0.39 is 0 Å². The molecule has 21 heavy (non-hydrogen) atoms. The quantitative estimate of drug-likeness (QED) is 0.851. The highest BCUT2D eigenvalue weighted by Crippen LogP contribution is 2.18. The first-order valence-corrected chi connectivity index (χ1v) is 7.18. The van der Waals surface area contributed by atoms with Gasteiger partial charge in [0.25, 0.3) is 0 Å². The molecule has 6 heteroatoms. The minimum Gasteiger partial charge on any atom is -0.357 e. The van der Waals surface area contributed by atoms with E-state index in [0.717, 1.165) is 18.8 Å². The van der Waals surface area contributed by atoms with Crippen molar-refractivity contribution >= 4 is 23.5 Å². The summed E-state index contributed by atoms with van der Waals surface area (Å²) < 4.78 is 0. The van der Waals surface area contributed by atoms with Crippen molar-refractivity contribution in [1.29, 1.82) is 0 Å². The summed E-state index contributed by atoms with van der Waals surface area (Å²) >= 11 is 0. The molecule has 0 unspecified atom stereocenters. The maximum atomic E-state index is 4.50. The van der Waals surface area contributed by atoms with Gasteiger partial charge in [-0.1, -0.05) is 12.1 Å². The van der Waals surface area contributed by atoms with Crippen LogP contribution in [0.1, 0.15) is 19.4 Å². The molecule has 1 aromatic carbocycles. The van der Waals surface area contributed by atoms with Crippen molar-refractivity contribution in [1.82, 2.24) is 15.0 Å². The smallest absolute Gasteiger partial charge is 0.233 e. The van der Waals surface area contributed by atoms with Gasteiger partial charge in [0.15, 0.2) is 0 Å². The summed E-state index contributed by atoms with van der Waals surface area (Å²) in [4.78, 5) is 15.4. The highest BCUT2D eigenvalue weighted by molar-refractivity contribution is 5.56. The summed E-state index contributed by atoms with van der Waals surface area (Å²) in [6.45, 7) is 7.93. The fourth-order valence-corrected chi connectivity index (χ4v) is 2.03. The van der Waals surface area contributed by atoms with Gasteiger partial charge < -0.3 is 15.5 Å². The van der Waals surface area contributed by atoms with Gasteiger partial charge in [0.1, 0.15) is 0 Å². The average molecular weight is 286 g/mol. The molecule has 0 aliphatic rings. The molecule has 0 spiro atoms. The SMILES string of the molecule is CCN(CC)c1nc(NC)nc(Nc2cccc(C)c2)n1. The molecule has 112 valence electrons. The minimum absolute atomic E-state index is 0.543. The fourth-order valence-electron chi connectivity index (χ4n) is 2.03. The number of hydrogen-bond acceptors (Lipinski definition) is 6. The van der Waals surface area contributed by atoms with E-state index in [4.69, 9.17) is 0 Å². The zero-order chi connectivity index (χ0) is 15.2. The Morgan fingerprint density at radius 2 is 1.76 bits per heavy atom. The fraction of sp³-hybridized carbons (Fsp3) is 0.400. The Morgan fingerprint density at radius 3 is 2.38 bits per heavy atom. The maximum Gasteiger partial charge on any atom is 0.233 e. The van der Waals surface area contributed by atoms with Gasteiger partial charge in [-0.05, 0) is 38.5 Å². The molecule has 1 aromatic heterocycles. The standard InChI is InChI=1S/C15H22N6/c1-5-21(6-2)15-19-13(16-4)18-14(20-15)17-12-9-7-8-11(3)10-12/h7-10H,5-6H2,1-4H3,(H2,16,17,18,19,20). The lowest BCUT2D eigenvalue weighted by Crippen LogP contribution is -2.25. The molecule has 6 nitrogen and oxygen atoms in total. The number of aryl methyl sites for hydroxylation is 1. The number of hydrogen-bond donors (Lipinski definition) is 2. The van der Waals surface area contributed by atoms with Crippen LogP contribution in [0, 0.1) is 6.92 Å². The molecule has 0 aliphatic heterocycles. The minimum atomic E-state index is 0.543. The average Bonchev–Trinajstić information content (AvgIpc) is 2.48. The van der Waals surface area contributed by atoms with Crippen LogP contribution in [0.2, 0.25) is 0 Å². The third-order valence-corrected chi connectivity index (χ3v) is 3.17. The highest BCUT2D eigenvalue weighted by Gasteiger charge is 2.10. The first-order chi connectivity index (χ1) is 10.2. The van der Waals surface area contributed by atoms with E-state index in [9.17, 15) is 0 Å². The second kappa shape index (κ2) is 6.88. The summed E-state index contributed by atoms with van der Waals surface area (Å²) in [5.74, 6) is 1.78. The normalized spacial score (nSPS) is 10.3. The van der Waals surface area contributed by atoms with E-state index in [1.807, 2.05) is 12.1 Å². The third kappa shape index (κ3) is 3.81. The summed E-state index contributed by atoms with van der Waals surface area (Å²) in [5.41, 5.74) is 2.15. The molecule has 2 aromatic rings. The van der Waals surface area contributed by atoms with Gasteiger partial charge in [-0.25, -0.2) is 0 Å². The first-order valence-electron chi connectivity index (χ1n) is 7.18. The van der Waals surface area contributed by atoms with Crippen molar-refractivity contribution < 1.29 is 0 Å². The van der Waals surface area contributed by atoms with E-state index in [2.05, 4.69) is 63.4 Å².